The minimum atomic E-state index is -0.386. The van der Waals surface area contributed by atoms with E-state index in [2.05, 4.69) is 38.3 Å². The highest BCUT2D eigenvalue weighted by Gasteiger charge is 2.34. The molecule has 1 aromatic carbocycles. The molecule has 6 nitrogen and oxygen atoms in total. The van der Waals surface area contributed by atoms with Gasteiger partial charge in [0.1, 0.15) is 10.8 Å². The Hall–Kier alpha value is -2.45. The molecule has 0 fully saturated rings. The van der Waals surface area contributed by atoms with E-state index in [4.69, 9.17) is 21.7 Å². The zero-order valence-corrected chi connectivity index (χ0v) is 22.9. The lowest BCUT2D eigenvalue weighted by molar-refractivity contribution is 0.0600. The van der Waals surface area contributed by atoms with Crippen LogP contribution in [0.3, 0.4) is 0 Å². The predicted molar refractivity (Wildman–Crippen MR) is 146 cm³/mol. The Morgan fingerprint density at radius 1 is 1.17 bits per heavy atom. The largest absolute Gasteiger partial charge is 0.494 e. The van der Waals surface area contributed by atoms with E-state index in [-0.39, 0.29) is 22.4 Å². The number of benzene rings is 1. The van der Waals surface area contributed by atoms with Gasteiger partial charge in [-0.2, -0.15) is 0 Å². The number of anilines is 1. The number of fused-ring (bicyclic) bond motifs is 1. The minimum Gasteiger partial charge on any atom is -0.494 e. The van der Waals surface area contributed by atoms with Gasteiger partial charge in [-0.05, 0) is 79.1 Å². The van der Waals surface area contributed by atoms with Crippen LogP contribution in [-0.4, -0.2) is 30.7 Å². The van der Waals surface area contributed by atoms with E-state index in [0.29, 0.717) is 28.7 Å². The van der Waals surface area contributed by atoms with E-state index in [1.54, 1.807) is 24.3 Å². The van der Waals surface area contributed by atoms with Crippen LogP contribution in [0.1, 0.15) is 84.5 Å². The summed E-state index contributed by atoms with van der Waals surface area (Å²) in [4.78, 5) is 26.5. The van der Waals surface area contributed by atoms with Gasteiger partial charge in [-0.3, -0.25) is 10.1 Å². The molecule has 35 heavy (non-hydrogen) atoms. The summed E-state index contributed by atoms with van der Waals surface area (Å²) in [5.74, 6) is 0.563. The number of ether oxygens (including phenoxy) is 2. The Morgan fingerprint density at radius 2 is 1.89 bits per heavy atom. The lowest BCUT2D eigenvalue weighted by Crippen LogP contribution is -2.34. The maximum absolute atomic E-state index is 12.7. The van der Waals surface area contributed by atoms with Gasteiger partial charge in [-0.25, -0.2) is 4.79 Å². The van der Waals surface area contributed by atoms with Crippen LogP contribution >= 0.6 is 23.6 Å². The van der Waals surface area contributed by atoms with Gasteiger partial charge in [-0.1, -0.05) is 40.5 Å². The van der Waals surface area contributed by atoms with Gasteiger partial charge in [0.2, 0.25) is 0 Å². The van der Waals surface area contributed by atoms with Crippen molar-refractivity contribution in [3.05, 3.63) is 45.8 Å². The Kier molecular flexibility index (Phi) is 9.30. The van der Waals surface area contributed by atoms with Gasteiger partial charge in [0.25, 0.3) is 5.91 Å². The Morgan fingerprint density at radius 3 is 2.51 bits per heavy atom. The van der Waals surface area contributed by atoms with E-state index in [9.17, 15) is 9.59 Å². The zero-order chi connectivity index (χ0) is 25.6. The molecule has 0 bridgehead atoms. The number of hydrogen-bond acceptors (Lipinski definition) is 6. The highest BCUT2D eigenvalue weighted by Crippen LogP contribution is 2.44. The summed E-state index contributed by atoms with van der Waals surface area (Å²) in [5.41, 5.74) is 2.23. The number of nitrogens with one attached hydrogen (secondary N) is 2. The van der Waals surface area contributed by atoms with E-state index in [1.807, 2.05) is 0 Å². The number of amides is 1. The van der Waals surface area contributed by atoms with Gasteiger partial charge in [0, 0.05) is 10.4 Å². The first-order valence-corrected chi connectivity index (χ1v) is 13.4. The van der Waals surface area contributed by atoms with Gasteiger partial charge in [0.05, 0.1) is 19.3 Å². The van der Waals surface area contributed by atoms with Crippen LogP contribution in [0, 0.1) is 11.3 Å². The number of esters is 1. The van der Waals surface area contributed by atoms with Crippen LogP contribution in [0.2, 0.25) is 0 Å². The van der Waals surface area contributed by atoms with Crippen molar-refractivity contribution in [3.8, 4) is 5.75 Å². The summed E-state index contributed by atoms with van der Waals surface area (Å²) in [6.07, 6.45) is 6.05. The minimum absolute atomic E-state index is 0.144. The zero-order valence-electron chi connectivity index (χ0n) is 21.3. The Bertz CT molecular complexity index is 1050. The fraction of sp³-hybridized carbons (Fsp3) is 0.519. The highest BCUT2D eigenvalue weighted by atomic mass is 32.1. The predicted octanol–water partition coefficient (Wildman–Crippen LogP) is 6.38. The summed E-state index contributed by atoms with van der Waals surface area (Å²) in [6, 6.07) is 6.99. The van der Waals surface area contributed by atoms with Crippen molar-refractivity contribution in [2.24, 2.45) is 11.3 Å². The smallest absolute Gasteiger partial charge is 0.341 e. The number of carbonyl (C=O) groups excluding carboxylic acids is 2. The summed E-state index contributed by atoms with van der Waals surface area (Å²) in [5, 5.41) is 6.56. The molecule has 0 saturated carbocycles. The van der Waals surface area contributed by atoms with Crippen molar-refractivity contribution < 1.29 is 19.1 Å². The molecule has 2 aromatic rings. The first-order chi connectivity index (χ1) is 16.6. The molecule has 0 aliphatic heterocycles. The average Bonchev–Trinajstić information content (AvgIpc) is 3.18. The second-order valence-electron chi connectivity index (χ2n) is 9.99. The fourth-order valence-electron chi connectivity index (χ4n) is 4.29. The van der Waals surface area contributed by atoms with Crippen molar-refractivity contribution in [2.45, 2.75) is 66.2 Å². The second-order valence-corrected chi connectivity index (χ2v) is 11.5. The maximum Gasteiger partial charge on any atom is 0.341 e. The molecule has 0 radical (unpaired) electrons. The molecule has 1 aromatic heterocycles. The van der Waals surface area contributed by atoms with Crippen LogP contribution in [0.4, 0.5) is 5.00 Å². The topological polar surface area (TPSA) is 76.7 Å². The number of thiophene rings is 1. The molecule has 2 N–H and O–H groups in total. The monoisotopic (exact) mass is 516 g/mol. The van der Waals surface area contributed by atoms with Crippen LogP contribution in [0.25, 0.3) is 0 Å². The Labute approximate surface area is 217 Å². The molecule has 8 heteroatoms. The third kappa shape index (κ3) is 7.04. The van der Waals surface area contributed by atoms with Gasteiger partial charge in [0.15, 0.2) is 5.11 Å². The summed E-state index contributed by atoms with van der Waals surface area (Å²) in [6.45, 7) is 9.58. The summed E-state index contributed by atoms with van der Waals surface area (Å²) in [7, 11) is 1.38. The number of methoxy groups -OCH3 is 1. The molecule has 1 heterocycles. The molecular weight excluding hydrogens is 480 g/mol. The molecule has 1 atom stereocenters. The van der Waals surface area contributed by atoms with Crippen molar-refractivity contribution >= 4 is 45.5 Å². The molecule has 0 spiro atoms. The third-order valence-electron chi connectivity index (χ3n) is 6.47. The van der Waals surface area contributed by atoms with Crippen molar-refractivity contribution in [2.75, 3.05) is 19.0 Å². The van der Waals surface area contributed by atoms with Crippen LogP contribution in [0.5, 0.6) is 5.75 Å². The lowest BCUT2D eigenvalue weighted by atomic mass is 9.72. The summed E-state index contributed by atoms with van der Waals surface area (Å²) < 4.78 is 10.8. The van der Waals surface area contributed by atoms with E-state index < -0.39 is 0 Å². The number of hydrogen-bond donors (Lipinski definition) is 2. The van der Waals surface area contributed by atoms with Gasteiger partial charge >= 0.3 is 5.97 Å². The van der Waals surface area contributed by atoms with Gasteiger partial charge in [-0.15, -0.1) is 11.3 Å². The van der Waals surface area contributed by atoms with Crippen LogP contribution < -0.4 is 15.4 Å². The normalized spacial score (nSPS) is 15.2. The molecule has 190 valence electrons. The van der Waals surface area contributed by atoms with E-state index in [1.165, 1.54) is 23.3 Å². The van der Waals surface area contributed by atoms with Gasteiger partial charge < -0.3 is 14.8 Å². The molecule has 1 unspecified atom stereocenters. The number of unbranched alkanes of at least 4 members (excludes halogenated alkanes) is 2. The molecule has 1 aliphatic carbocycles. The highest BCUT2D eigenvalue weighted by molar-refractivity contribution is 7.80. The Balaban J connectivity index is 1.67. The lowest BCUT2D eigenvalue weighted by Gasteiger charge is -2.33. The van der Waals surface area contributed by atoms with Crippen LogP contribution in [0.15, 0.2) is 24.3 Å². The average molecular weight is 517 g/mol. The molecule has 0 saturated heterocycles. The SMILES string of the molecule is CCCCCOc1ccc(C(=O)NC(=S)Nc2sc3c(c2C(=O)OC)CCC(C(C)(C)C)C3)cc1. The van der Waals surface area contributed by atoms with Crippen molar-refractivity contribution in [3.63, 3.8) is 0 Å². The standard InChI is InChI=1S/C27H36N2O4S2/c1-6-7-8-15-33-19-12-9-17(10-13-19)23(30)28-26(34)29-24-22(25(31)32-5)20-14-11-18(27(2,3)4)16-21(20)35-24/h9-10,12-13,18H,6-8,11,14-16H2,1-5H3,(H2,28,29,30,34). The molecule has 1 aliphatic rings. The molecule has 3 rings (SSSR count). The van der Waals surface area contributed by atoms with Crippen molar-refractivity contribution in [1.29, 1.82) is 0 Å². The van der Waals surface area contributed by atoms with E-state index >= 15 is 0 Å². The number of rotatable bonds is 8. The fourth-order valence-corrected chi connectivity index (χ4v) is 5.86. The number of carbonyl (C=O) groups is 2. The van der Waals surface area contributed by atoms with E-state index in [0.717, 1.165) is 49.8 Å². The molecule has 1 amide bonds. The first kappa shape index (κ1) is 27.1. The second kappa shape index (κ2) is 12.0. The third-order valence-corrected chi connectivity index (χ3v) is 7.84. The quantitative estimate of drug-likeness (QED) is 0.241. The maximum atomic E-state index is 12.7. The number of thiocarbonyl (C=S) groups is 1. The van der Waals surface area contributed by atoms with Crippen LogP contribution in [-0.2, 0) is 17.6 Å². The molecular formula is C27H36N2O4S2. The summed E-state index contributed by atoms with van der Waals surface area (Å²) >= 11 is 6.93. The first-order valence-electron chi connectivity index (χ1n) is 12.2. The van der Waals surface area contributed by atoms with Crippen molar-refractivity contribution in [1.82, 2.24) is 5.32 Å².